The summed E-state index contributed by atoms with van der Waals surface area (Å²) in [5.41, 5.74) is 5.39. The van der Waals surface area contributed by atoms with Gasteiger partial charge in [-0.2, -0.15) is 0 Å². The lowest BCUT2D eigenvalue weighted by atomic mass is 10.1. The Labute approximate surface area is 74.0 Å². The summed E-state index contributed by atoms with van der Waals surface area (Å²) in [5, 5.41) is 0. The van der Waals surface area contributed by atoms with Crippen LogP contribution in [0.4, 0.5) is 0 Å². The number of hydrogen-bond acceptors (Lipinski definition) is 3. The summed E-state index contributed by atoms with van der Waals surface area (Å²) in [6.45, 7) is 5.87. The van der Waals surface area contributed by atoms with Gasteiger partial charge in [-0.05, 0) is 18.9 Å². The highest BCUT2D eigenvalue weighted by molar-refractivity contribution is 5.77. The van der Waals surface area contributed by atoms with Crippen LogP contribution in [0.3, 0.4) is 0 Å². The van der Waals surface area contributed by atoms with Crippen molar-refractivity contribution < 1.29 is 4.74 Å². The Hall–Kier alpha value is -0.570. The van der Waals surface area contributed by atoms with Crippen LogP contribution in [0.2, 0.25) is 0 Å². The molecule has 1 aliphatic heterocycles. The van der Waals surface area contributed by atoms with Crippen LogP contribution in [0.15, 0.2) is 4.99 Å². The van der Waals surface area contributed by atoms with E-state index >= 15 is 0 Å². The van der Waals surface area contributed by atoms with Crippen LogP contribution in [-0.4, -0.2) is 25.1 Å². The number of hydrogen-bond donors (Lipinski definition) is 1. The van der Waals surface area contributed by atoms with E-state index in [0.29, 0.717) is 18.6 Å². The lowest BCUT2D eigenvalue weighted by molar-refractivity contribution is 0.167. The molecule has 3 nitrogen and oxygen atoms in total. The number of nitrogens with two attached hydrogens (primary N) is 1. The molecule has 12 heavy (non-hydrogen) atoms. The second-order valence-electron chi connectivity index (χ2n) is 3.53. The number of rotatable bonds is 4. The Morgan fingerprint density at radius 1 is 1.67 bits per heavy atom. The van der Waals surface area contributed by atoms with E-state index in [-0.39, 0.29) is 0 Å². The molecule has 3 heteroatoms. The van der Waals surface area contributed by atoms with Gasteiger partial charge >= 0.3 is 0 Å². The molecule has 1 aliphatic rings. The molecular formula is C9H18N2O. The summed E-state index contributed by atoms with van der Waals surface area (Å²) in [6.07, 6.45) is 2.18. The average molecular weight is 170 g/mol. The minimum Gasteiger partial charge on any atom is -0.476 e. The van der Waals surface area contributed by atoms with Gasteiger partial charge < -0.3 is 10.5 Å². The lowest BCUT2D eigenvalue weighted by Gasteiger charge is -2.14. The van der Waals surface area contributed by atoms with Crippen molar-refractivity contribution in [3.8, 4) is 0 Å². The van der Waals surface area contributed by atoms with Crippen molar-refractivity contribution in [3.63, 3.8) is 0 Å². The van der Waals surface area contributed by atoms with Gasteiger partial charge in [0.2, 0.25) is 0 Å². The maximum atomic E-state index is 5.62. The van der Waals surface area contributed by atoms with Crippen LogP contribution in [0.25, 0.3) is 0 Å². The Kier molecular flexibility index (Phi) is 3.53. The van der Waals surface area contributed by atoms with E-state index in [0.717, 1.165) is 25.3 Å². The molecule has 1 rings (SSSR count). The molecule has 0 saturated carbocycles. The Bertz CT molecular complexity index is 166. The standard InChI is InChI=1S/C9H18N2O/c1-7(2)8-6-11-9(12-8)4-3-5-10/h7-8H,3-6,10H2,1-2H3. The first-order chi connectivity index (χ1) is 5.74. The van der Waals surface area contributed by atoms with Gasteiger partial charge in [0.25, 0.3) is 0 Å². The second-order valence-corrected chi connectivity index (χ2v) is 3.53. The minimum atomic E-state index is 0.303. The van der Waals surface area contributed by atoms with E-state index in [1.54, 1.807) is 0 Å². The van der Waals surface area contributed by atoms with E-state index in [1.807, 2.05) is 0 Å². The van der Waals surface area contributed by atoms with Crippen LogP contribution in [0.1, 0.15) is 26.7 Å². The van der Waals surface area contributed by atoms with Gasteiger partial charge in [0.1, 0.15) is 6.10 Å². The molecule has 0 aromatic rings. The summed E-state index contributed by atoms with van der Waals surface area (Å²) in [4.78, 5) is 4.31. The maximum Gasteiger partial charge on any atom is 0.183 e. The first kappa shape index (κ1) is 9.52. The Morgan fingerprint density at radius 3 is 2.92 bits per heavy atom. The molecular weight excluding hydrogens is 152 g/mol. The first-order valence-corrected chi connectivity index (χ1v) is 4.64. The highest BCUT2D eigenvalue weighted by Crippen LogP contribution is 2.15. The number of nitrogens with zero attached hydrogens (tertiary/aromatic N) is 1. The van der Waals surface area contributed by atoms with E-state index < -0.39 is 0 Å². The van der Waals surface area contributed by atoms with E-state index in [2.05, 4.69) is 18.8 Å². The summed E-state index contributed by atoms with van der Waals surface area (Å²) < 4.78 is 5.62. The van der Waals surface area contributed by atoms with Crippen molar-refractivity contribution in [2.24, 2.45) is 16.6 Å². The highest BCUT2D eigenvalue weighted by Gasteiger charge is 2.21. The molecule has 0 aromatic carbocycles. The summed E-state index contributed by atoms with van der Waals surface area (Å²) in [7, 11) is 0. The molecule has 0 saturated heterocycles. The third kappa shape index (κ3) is 2.48. The molecule has 0 amide bonds. The largest absolute Gasteiger partial charge is 0.476 e. The van der Waals surface area contributed by atoms with Crippen LogP contribution in [-0.2, 0) is 4.74 Å². The quantitative estimate of drug-likeness (QED) is 0.688. The molecule has 1 atom stereocenters. The molecule has 0 aliphatic carbocycles. The molecule has 0 fully saturated rings. The zero-order valence-electron chi connectivity index (χ0n) is 7.92. The number of aliphatic imine (C=N–C) groups is 1. The fraction of sp³-hybridized carbons (Fsp3) is 0.889. The fourth-order valence-electron chi connectivity index (χ4n) is 1.18. The SMILES string of the molecule is CC(C)C1CN=C(CCCN)O1. The molecule has 70 valence electrons. The summed E-state index contributed by atoms with van der Waals surface area (Å²) in [6, 6.07) is 0. The van der Waals surface area contributed by atoms with E-state index in [9.17, 15) is 0 Å². The van der Waals surface area contributed by atoms with E-state index in [4.69, 9.17) is 10.5 Å². The second kappa shape index (κ2) is 4.45. The highest BCUT2D eigenvalue weighted by atomic mass is 16.5. The minimum absolute atomic E-state index is 0.303. The summed E-state index contributed by atoms with van der Waals surface area (Å²) >= 11 is 0. The van der Waals surface area contributed by atoms with Gasteiger partial charge in [0.15, 0.2) is 5.90 Å². The molecule has 0 radical (unpaired) electrons. The lowest BCUT2D eigenvalue weighted by Crippen LogP contribution is -2.19. The van der Waals surface area contributed by atoms with Crippen LogP contribution in [0, 0.1) is 5.92 Å². The molecule has 2 N–H and O–H groups in total. The van der Waals surface area contributed by atoms with Crippen LogP contribution in [0.5, 0.6) is 0 Å². The van der Waals surface area contributed by atoms with Crippen molar-refractivity contribution in [2.75, 3.05) is 13.1 Å². The molecule has 1 heterocycles. The van der Waals surface area contributed by atoms with Crippen molar-refractivity contribution in [1.82, 2.24) is 0 Å². The van der Waals surface area contributed by atoms with Crippen molar-refractivity contribution >= 4 is 5.90 Å². The van der Waals surface area contributed by atoms with Crippen molar-refractivity contribution in [3.05, 3.63) is 0 Å². The fourth-order valence-corrected chi connectivity index (χ4v) is 1.18. The molecule has 0 aromatic heterocycles. The van der Waals surface area contributed by atoms with Gasteiger partial charge in [-0.25, -0.2) is 0 Å². The smallest absolute Gasteiger partial charge is 0.183 e. The van der Waals surface area contributed by atoms with Gasteiger partial charge in [-0.3, -0.25) is 4.99 Å². The third-order valence-electron chi connectivity index (χ3n) is 2.07. The average Bonchev–Trinajstić information content (AvgIpc) is 2.48. The van der Waals surface area contributed by atoms with Crippen LogP contribution < -0.4 is 5.73 Å². The predicted octanol–water partition coefficient (Wildman–Crippen LogP) is 1.18. The van der Waals surface area contributed by atoms with E-state index in [1.165, 1.54) is 0 Å². The normalized spacial score (nSPS) is 22.7. The first-order valence-electron chi connectivity index (χ1n) is 4.64. The zero-order chi connectivity index (χ0) is 8.97. The van der Waals surface area contributed by atoms with Gasteiger partial charge in [-0.15, -0.1) is 0 Å². The maximum absolute atomic E-state index is 5.62. The van der Waals surface area contributed by atoms with Gasteiger partial charge in [-0.1, -0.05) is 13.8 Å². The Morgan fingerprint density at radius 2 is 2.42 bits per heavy atom. The van der Waals surface area contributed by atoms with Crippen molar-refractivity contribution in [1.29, 1.82) is 0 Å². The zero-order valence-corrected chi connectivity index (χ0v) is 7.92. The van der Waals surface area contributed by atoms with Crippen molar-refractivity contribution in [2.45, 2.75) is 32.8 Å². The third-order valence-corrected chi connectivity index (χ3v) is 2.07. The molecule has 0 spiro atoms. The monoisotopic (exact) mass is 170 g/mol. The molecule has 1 unspecified atom stereocenters. The molecule has 0 bridgehead atoms. The number of ether oxygens (including phenoxy) is 1. The van der Waals surface area contributed by atoms with Crippen LogP contribution >= 0.6 is 0 Å². The Balaban J connectivity index is 2.24. The topological polar surface area (TPSA) is 47.6 Å². The summed E-state index contributed by atoms with van der Waals surface area (Å²) in [5.74, 6) is 1.46. The van der Waals surface area contributed by atoms with Gasteiger partial charge in [0, 0.05) is 6.42 Å². The van der Waals surface area contributed by atoms with Gasteiger partial charge in [0.05, 0.1) is 6.54 Å². The predicted molar refractivity (Wildman–Crippen MR) is 50.3 cm³/mol.